The van der Waals surface area contributed by atoms with Crippen LogP contribution in [0.15, 0.2) is 24.3 Å². The molecule has 0 bridgehead atoms. The van der Waals surface area contributed by atoms with Crippen molar-refractivity contribution in [2.24, 2.45) is 0 Å². The standard InChI is InChI=1S/C15H23N3O2/c1-3-20-14-7-5-4-6-13(14)17-15(19)16-12-8-10-18(2)11-9-12/h4-7,12H,3,8-11H2,1-2H3,(H2,16,17,19)/p+1. The predicted molar refractivity (Wildman–Crippen MR) is 79.4 cm³/mol. The van der Waals surface area contributed by atoms with E-state index in [-0.39, 0.29) is 12.1 Å². The number of likely N-dealkylation sites (tertiary alicyclic amines) is 1. The van der Waals surface area contributed by atoms with E-state index in [1.807, 2.05) is 31.2 Å². The number of quaternary nitrogens is 1. The number of piperidine rings is 1. The van der Waals surface area contributed by atoms with Crippen LogP contribution in [0.3, 0.4) is 0 Å². The molecule has 1 fully saturated rings. The number of carbonyl (C=O) groups is 1. The summed E-state index contributed by atoms with van der Waals surface area (Å²) in [7, 11) is 2.19. The quantitative estimate of drug-likeness (QED) is 0.766. The van der Waals surface area contributed by atoms with Gasteiger partial charge >= 0.3 is 6.03 Å². The zero-order valence-electron chi connectivity index (χ0n) is 12.2. The number of carbonyl (C=O) groups excluding carboxylic acids is 1. The van der Waals surface area contributed by atoms with Gasteiger partial charge in [0.15, 0.2) is 0 Å². The monoisotopic (exact) mass is 278 g/mol. The van der Waals surface area contributed by atoms with E-state index in [4.69, 9.17) is 4.74 Å². The fraction of sp³-hybridized carbons (Fsp3) is 0.533. The molecule has 20 heavy (non-hydrogen) atoms. The maximum absolute atomic E-state index is 12.0. The lowest BCUT2D eigenvalue weighted by Crippen LogP contribution is -3.10. The molecule has 5 heteroatoms. The van der Waals surface area contributed by atoms with Crippen LogP contribution in [-0.4, -0.2) is 38.8 Å². The molecule has 110 valence electrons. The average Bonchev–Trinajstić information content (AvgIpc) is 2.44. The van der Waals surface area contributed by atoms with Crippen LogP contribution in [0, 0.1) is 0 Å². The summed E-state index contributed by atoms with van der Waals surface area (Å²) in [6, 6.07) is 7.62. The molecule has 2 amide bonds. The first-order valence-electron chi connectivity index (χ1n) is 7.29. The highest BCUT2D eigenvalue weighted by Gasteiger charge is 2.21. The van der Waals surface area contributed by atoms with Crippen LogP contribution in [0.5, 0.6) is 5.75 Å². The van der Waals surface area contributed by atoms with Crippen molar-refractivity contribution in [1.29, 1.82) is 0 Å². The number of nitrogens with one attached hydrogen (secondary N) is 3. The van der Waals surface area contributed by atoms with Gasteiger partial charge in [0.2, 0.25) is 0 Å². The molecule has 0 aromatic heterocycles. The predicted octanol–water partition coefficient (Wildman–Crippen LogP) is 0.884. The second-order valence-electron chi connectivity index (χ2n) is 5.26. The highest BCUT2D eigenvalue weighted by atomic mass is 16.5. The number of rotatable bonds is 4. The molecule has 0 spiro atoms. The topological polar surface area (TPSA) is 54.8 Å². The molecule has 5 nitrogen and oxygen atoms in total. The molecular formula is C15H24N3O2+. The van der Waals surface area contributed by atoms with E-state index in [9.17, 15) is 4.79 Å². The van der Waals surface area contributed by atoms with Gasteiger partial charge in [0.1, 0.15) is 5.75 Å². The van der Waals surface area contributed by atoms with Crippen molar-refractivity contribution in [3.63, 3.8) is 0 Å². The molecule has 1 aromatic carbocycles. The molecule has 0 radical (unpaired) electrons. The SMILES string of the molecule is CCOc1ccccc1NC(=O)NC1CC[NH+](C)CC1. The van der Waals surface area contributed by atoms with Gasteiger partial charge in [-0.3, -0.25) is 0 Å². The van der Waals surface area contributed by atoms with Gasteiger partial charge in [-0.05, 0) is 19.1 Å². The maximum Gasteiger partial charge on any atom is 0.319 e. The van der Waals surface area contributed by atoms with E-state index >= 15 is 0 Å². The average molecular weight is 278 g/mol. The van der Waals surface area contributed by atoms with Crippen LogP contribution in [0.1, 0.15) is 19.8 Å². The molecule has 1 saturated heterocycles. The summed E-state index contributed by atoms with van der Waals surface area (Å²) < 4.78 is 5.50. The minimum atomic E-state index is -0.151. The van der Waals surface area contributed by atoms with Crippen LogP contribution in [0.2, 0.25) is 0 Å². The molecule has 1 heterocycles. The van der Waals surface area contributed by atoms with Gasteiger partial charge in [-0.25, -0.2) is 4.79 Å². The van der Waals surface area contributed by atoms with Gasteiger partial charge < -0.3 is 20.3 Å². The van der Waals surface area contributed by atoms with Crippen molar-refractivity contribution in [2.75, 3.05) is 32.1 Å². The third-order valence-corrected chi connectivity index (χ3v) is 3.61. The van der Waals surface area contributed by atoms with Crippen LogP contribution < -0.4 is 20.3 Å². The fourth-order valence-electron chi connectivity index (χ4n) is 2.45. The number of anilines is 1. The first-order valence-corrected chi connectivity index (χ1v) is 7.29. The number of benzene rings is 1. The Morgan fingerprint density at radius 3 is 2.75 bits per heavy atom. The molecule has 0 saturated carbocycles. The molecule has 1 aliphatic rings. The lowest BCUT2D eigenvalue weighted by molar-refractivity contribution is -0.884. The molecule has 2 rings (SSSR count). The Balaban J connectivity index is 1.88. The summed E-state index contributed by atoms with van der Waals surface area (Å²) in [5, 5.41) is 5.91. The number of hydrogen-bond donors (Lipinski definition) is 3. The minimum Gasteiger partial charge on any atom is -0.492 e. The number of ether oxygens (including phenoxy) is 1. The van der Waals surface area contributed by atoms with Gasteiger partial charge in [0.25, 0.3) is 0 Å². The Labute approximate surface area is 120 Å². The molecule has 3 N–H and O–H groups in total. The lowest BCUT2D eigenvalue weighted by atomic mass is 10.1. The Bertz CT molecular complexity index is 442. The van der Waals surface area contributed by atoms with Crippen LogP contribution in [-0.2, 0) is 0 Å². The second-order valence-corrected chi connectivity index (χ2v) is 5.26. The third-order valence-electron chi connectivity index (χ3n) is 3.61. The molecule has 0 atom stereocenters. The summed E-state index contributed by atoms with van der Waals surface area (Å²) in [6.45, 7) is 4.73. The summed E-state index contributed by atoms with van der Waals surface area (Å²) >= 11 is 0. The largest absolute Gasteiger partial charge is 0.492 e. The molecule has 0 aliphatic carbocycles. The Morgan fingerprint density at radius 2 is 2.05 bits per heavy atom. The fourth-order valence-corrected chi connectivity index (χ4v) is 2.45. The Morgan fingerprint density at radius 1 is 1.35 bits per heavy atom. The van der Waals surface area contributed by atoms with Crippen LogP contribution in [0.4, 0.5) is 10.5 Å². The van der Waals surface area contributed by atoms with Gasteiger partial charge in [0.05, 0.1) is 32.4 Å². The van der Waals surface area contributed by atoms with Gasteiger partial charge in [-0.1, -0.05) is 12.1 Å². The molecule has 1 aliphatic heterocycles. The van der Waals surface area contributed by atoms with Crippen molar-refractivity contribution in [3.8, 4) is 5.75 Å². The van der Waals surface area contributed by atoms with Gasteiger partial charge in [0, 0.05) is 18.9 Å². The highest BCUT2D eigenvalue weighted by Crippen LogP contribution is 2.23. The highest BCUT2D eigenvalue weighted by molar-refractivity contribution is 5.91. The van der Waals surface area contributed by atoms with Crippen molar-refractivity contribution in [1.82, 2.24) is 5.32 Å². The summed E-state index contributed by atoms with van der Waals surface area (Å²) in [4.78, 5) is 13.6. The van der Waals surface area contributed by atoms with Gasteiger partial charge in [-0.15, -0.1) is 0 Å². The molecular weight excluding hydrogens is 254 g/mol. The van der Waals surface area contributed by atoms with E-state index in [1.165, 1.54) is 4.90 Å². The van der Waals surface area contributed by atoms with Crippen molar-refractivity contribution < 1.29 is 14.4 Å². The summed E-state index contributed by atoms with van der Waals surface area (Å²) in [5.41, 5.74) is 0.713. The minimum absolute atomic E-state index is 0.151. The van der Waals surface area contributed by atoms with Gasteiger partial charge in [-0.2, -0.15) is 0 Å². The number of amides is 2. The van der Waals surface area contributed by atoms with Crippen LogP contribution >= 0.6 is 0 Å². The van der Waals surface area contributed by atoms with E-state index in [1.54, 1.807) is 0 Å². The van der Waals surface area contributed by atoms with E-state index in [0.29, 0.717) is 18.0 Å². The van der Waals surface area contributed by atoms with Crippen molar-refractivity contribution >= 4 is 11.7 Å². The van der Waals surface area contributed by atoms with E-state index in [2.05, 4.69) is 17.7 Å². The lowest BCUT2D eigenvalue weighted by Gasteiger charge is -2.27. The number of para-hydroxylation sites is 2. The van der Waals surface area contributed by atoms with Crippen molar-refractivity contribution in [2.45, 2.75) is 25.8 Å². The normalized spacial score (nSPS) is 22.1. The second kappa shape index (κ2) is 7.14. The smallest absolute Gasteiger partial charge is 0.319 e. The number of hydrogen-bond acceptors (Lipinski definition) is 2. The molecule has 0 unspecified atom stereocenters. The van der Waals surface area contributed by atoms with E-state index in [0.717, 1.165) is 25.9 Å². The first kappa shape index (κ1) is 14.7. The Kier molecular flexibility index (Phi) is 5.24. The van der Waals surface area contributed by atoms with E-state index < -0.39 is 0 Å². The third kappa shape index (κ3) is 4.13. The zero-order chi connectivity index (χ0) is 14.4. The zero-order valence-corrected chi connectivity index (χ0v) is 12.2. The number of urea groups is 1. The van der Waals surface area contributed by atoms with Crippen LogP contribution in [0.25, 0.3) is 0 Å². The first-order chi connectivity index (χ1) is 9.69. The molecule has 1 aromatic rings. The van der Waals surface area contributed by atoms with Crippen molar-refractivity contribution in [3.05, 3.63) is 24.3 Å². The summed E-state index contributed by atoms with van der Waals surface area (Å²) in [5.74, 6) is 0.706. The maximum atomic E-state index is 12.0. The Hall–Kier alpha value is -1.75. The summed E-state index contributed by atoms with van der Waals surface area (Å²) in [6.07, 6.45) is 2.07.